The fraction of sp³-hybridized carbons (Fsp3) is 0.0667. The maximum absolute atomic E-state index is 5.83. The molecule has 0 saturated heterocycles. The van der Waals surface area contributed by atoms with E-state index in [0.717, 1.165) is 11.3 Å². The van der Waals surface area contributed by atoms with Gasteiger partial charge in [0.25, 0.3) is 0 Å². The van der Waals surface area contributed by atoms with Gasteiger partial charge in [-0.3, -0.25) is 0 Å². The standard InChI is InChI=1S/C15H12ClN3O/c16-12-6-8-13(9-7-12)17-10-14-18-15(19-20-14)11-4-2-1-3-5-11/h1-9,17H,10H2. The number of halogens is 1. The third-order valence-corrected chi connectivity index (χ3v) is 3.04. The Morgan fingerprint density at radius 1 is 1.00 bits per heavy atom. The first-order valence-electron chi connectivity index (χ1n) is 6.19. The van der Waals surface area contributed by atoms with E-state index < -0.39 is 0 Å². The van der Waals surface area contributed by atoms with Crippen LogP contribution in [0.3, 0.4) is 0 Å². The number of nitrogens with one attached hydrogen (secondary N) is 1. The average molecular weight is 286 g/mol. The SMILES string of the molecule is Clc1ccc(NCc2nc(-c3ccccc3)no2)cc1. The summed E-state index contributed by atoms with van der Waals surface area (Å²) < 4.78 is 5.21. The molecule has 3 rings (SSSR count). The molecule has 1 heterocycles. The molecule has 0 aliphatic heterocycles. The third-order valence-electron chi connectivity index (χ3n) is 2.79. The maximum atomic E-state index is 5.83. The molecule has 0 atom stereocenters. The highest BCUT2D eigenvalue weighted by molar-refractivity contribution is 6.30. The minimum atomic E-state index is 0.474. The molecule has 0 bridgehead atoms. The van der Waals surface area contributed by atoms with E-state index >= 15 is 0 Å². The van der Waals surface area contributed by atoms with Crippen molar-refractivity contribution in [3.05, 3.63) is 65.5 Å². The van der Waals surface area contributed by atoms with Gasteiger partial charge < -0.3 is 9.84 Å². The Morgan fingerprint density at radius 3 is 2.50 bits per heavy atom. The molecule has 0 saturated carbocycles. The van der Waals surface area contributed by atoms with Gasteiger partial charge >= 0.3 is 0 Å². The van der Waals surface area contributed by atoms with Gasteiger partial charge in [-0.05, 0) is 24.3 Å². The second kappa shape index (κ2) is 5.75. The second-order valence-electron chi connectivity index (χ2n) is 4.24. The Kier molecular flexibility index (Phi) is 3.65. The molecule has 100 valence electrons. The van der Waals surface area contributed by atoms with Crippen molar-refractivity contribution in [3.8, 4) is 11.4 Å². The zero-order chi connectivity index (χ0) is 13.8. The highest BCUT2D eigenvalue weighted by atomic mass is 35.5. The van der Waals surface area contributed by atoms with Crippen LogP contribution in [0.1, 0.15) is 5.89 Å². The van der Waals surface area contributed by atoms with Crippen LogP contribution in [-0.4, -0.2) is 10.1 Å². The number of hydrogen-bond acceptors (Lipinski definition) is 4. The van der Waals surface area contributed by atoms with Gasteiger partial charge in [0.1, 0.15) is 0 Å². The number of benzene rings is 2. The predicted octanol–water partition coefficient (Wildman–Crippen LogP) is 4.00. The lowest BCUT2D eigenvalue weighted by molar-refractivity contribution is 0.384. The quantitative estimate of drug-likeness (QED) is 0.787. The van der Waals surface area contributed by atoms with E-state index in [1.807, 2.05) is 54.6 Å². The molecule has 0 spiro atoms. The van der Waals surface area contributed by atoms with E-state index in [9.17, 15) is 0 Å². The van der Waals surface area contributed by atoms with Gasteiger partial charge in [-0.1, -0.05) is 47.1 Å². The van der Waals surface area contributed by atoms with E-state index in [1.165, 1.54) is 0 Å². The smallest absolute Gasteiger partial charge is 0.246 e. The van der Waals surface area contributed by atoms with Crippen molar-refractivity contribution >= 4 is 17.3 Å². The van der Waals surface area contributed by atoms with E-state index in [0.29, 0.717) is 23.3 Å². The molecular formula is C15H12ClN3O. The van der Waals surface area contributed by atoms with Gasteiger partial charge in [0, 0.05) is 16.3 Å². The largest absolute Gasteiger partial charge is 0.376 e. The fourth-order valence-corrected chi connectivity index (χ4v) is 1.90. The van der Waals surface area contributed by atoms with Crippen LogP contribution < -0.4 is 5.32 Å². The van der Waals surface area contributed by atoms with Crippen LogP contribution in [0.5, 0.6) is 0 Å². The summed E-state index contributed by atoms with van der Waals surface area (Å²) in [5.41, 5.74) is 1.89. The van der Waals surface area contributed by atoms with Crippen LogP contribution >= 0.6 is 11.6 Å². The molecule has 5 heteroatoms. The van der Waals surface area contributed by atoms with E-state index in [4.69, 9.17) is 16.1 Å². The van der Waals surface area contributed by atoms with Crippen LogP contribution in [0, 0.1) is 0 Å². The zero-order valence-electron chi connectivity index (χ0n) is 10.6. The van der Waals surface area contributed by atoms with Gasteiger partial charge in [0.15, 0.2) is 0 Å². The van der Waals surface area contributed by atoms with Crippen LogP contribution in [0.4, 0.5) is 5.69 Å². The van der Waals surface area contributed by atoms with Gasteiger partial charge in [0.05, 0.1) is 6.54 Å². The molecule has 0 radical (unpaired) electrons. The van der Waals surface area contributed by atoms with E-state index in [2.05, 4.69) is 15.5 Å². The van der Waals surface area contributed by atoms with Gasteiger partial charge in [0.2, 0.25) is 11.7 Å². The summed E-state index contributed by atoms with van der Waals surface area (Å²) in [5, 5.41) is 7.87. The first kappa shape index (κ1) is 12.7. The summed E-state index contributed by atoms with van der Waals surface area (Å²) in [6.07, 6.45) is 0. The second-order valence-corrected chi connectivity index (χ2v) is 4.67. The molecule has 0 fully saturated rings. The number of rotatable bonds is 4. The van der Waals surface area contributed by atoms with Gasteiger partial charge in [-0.2, -0.15) is 4.98 Å². The highest BCUT2D eigenvalue weighted by Gasteiger charge is 2.07. The van der Waals surface area contributed by atoms with E-state index in [-0.39, 0.29) is 0 Å². The molecule has 2 aromatic carbocycles. The zero-order valence-corrected chi connectivity index (χ0v) is 11.3. The molecule has 20 heavy (non-hydrogen) atoms. The molecule has 0 aliphatic carbocycles. The first-order chi connectivity index (χ1) is 9.81. The summed E-state index contributed by atoms with van der Waals surface area (Å²) >= 11 is 5.83. The van der Waals surface area contributed by atoms with Crippen molar-refractivity contribution in [1.82, 2.24) is 10.1 Å². The summed E-state index contributed by atoms with van der Waals surface area (Å²) in [6.45, 7) is 0.474. The molecule has 3 aromatic rings. The lowest BCUT2D eigenvalue weighted by Gasteiger charge is -2.02. The number of aromatic nitrogens is 2. The molecule has 4 nitrogen and oxygen atoms in total. The fourth-order valence-electron chi connectivity index (χ4n) is 1.78. The summed E-state index contributed by atoms with van der Waals surface area (Å²) in [7, 11) is 0. The lowest BCUT2D eigenvalue weighted by atomic mass is 10.2. The number of nitrogens with zero attached hydrogens (tertiary/aromatic N) is 2. The predicted molar refractivity (Wildman–Crippen MR) is 78.5 cm³/mol. The summed E-state index contributed by atoms with van der Waals surface area (Å²) in [4.78, 5) is 4.35. The van der Waals surface area contributed by atoms with Gasteiger partial charge in [-0.15, -0.1) is 0 Å². The van der Waals surface area contributed by atoms with Crippen molar-refractivity contribution < 1.29 is 4.52 Å². The average Bonchev–Trinajstić information content (AvgIpc) is 2.97. The van der Waals surface area contributed by atoms with Crippen molar-refractivity contribution in [2.45, 2.75) is 6.54 Å². The van der Waals surface area contributed by atoms with Crippen molar-refractivity contribution in [2.24, 2.45) is 0 Å². The van der Waals surface area contributed by atoms with Crippen molar-refractivity contribution in [1.29, 1.82) is 0 Å². The number of hydrogen-bond donors (Lipinski definition) is 1. The Labute approximate surface area is 121 Å². The maximum Gasteiger partial charge on any atom is 0.246 e. The highest BCUT2D eigenvalue weighted by Crippen LogP contribution is 2.16. The molecule has 0 amide bonds. The number of anilines is 1. The molecule has 0 aliphatic rings. The molecule has 0 unspecified atom stereocenters. The Morgan fingerprint density at radius 2 is 1.75 bits per heavy atom. The summed E-state index contributed by atoms with van der Waals surface area (Å²) in [6, 6.07) is 17.2. The normalized spacial score (nSPS) is 10.4. The molecular weight excluding hydrogens is 274 g/mol. The first-order valence-corrected chi connectivity index (χ1v) is 6.56. The molecule has 1 N–H and O–H groups in total. The van der Waals surface area contributed by atoms with Crippen molar-refractivity contribution in [2.75, 3.05) is 5.32 Å². The molecule has 1 aromatic heterocycles. The monoisotopic (exact) mass is 285 g/mol. The Balaban J connectivity index is 1.67. The minimum absolute atomic E-state index is 0.474. The Hall–Kier alpha value is -2.33. The van der Waals surface area contributed by atoms with Crippen molar-refractivity contribution in [3.63, 3.8) is 0 Å². The van der Waals surface area contributed by atoms with Crippen LogP contribution in [0.2, 0.25) is 5.02 Å². The summed E-state index contributed by atoms with van der Waals surface area (Å²) in [5.74, 6) is 1.14. The minimum Gasteiger partial charge on any atom is -0.376 e. The Bertz CT molecular complexity index is 680. The van der Waals surface area contributed by atoms with Crippen LogP contribution in [0.15, 0.2) is 59.1 Å². The third kappa shape index (κ3) is 2.97. The topological polar surface area (TPSA) is 51.0 Å². The van der Waals surface area contributed by atoms with E-state index in [1.54, 1.807) is 0 Å². The van der Waals surface area contributed by atoms with Crippen LogP contribution in [-0.2, 0) is 6.54 Å². The lowest BCUT2D eigenvalue weighted by Crippen LogP contribution is -1.99. The van der Waals surface area contributed by atoms with Gasteiger partial charge in [-0.25, -0.2) is 0 Å². The van der Waals surface area contributed by atoms with Crippen LogP contribution in [0.25, 0.3) is 11.4 Å².